The largest absolute Gasteiger partial charge is 0.309 e. The van der Waals surface area contributed by atoms with Crippen molar-refractivity contribution in [3.8, 4) is 0 Å². The molecule has 0 N–H and O–H groups in total. The Bertz CT molecular complexity index is 527. The van der Waals surface area contributed by atoms with E-state index in [1.54, 1.807) is 10.6 Å². The lowest BCUT2D eigenvalue weighted by atomic mass is 10.1. The molecule has 1 aliphatic carbocycles. The van der Waals surface area contributed by atoms with Crippen molar-refractivity contribution < 1.29 is 0 Å². The average Bonchev–Trinajstić information content (AvgIpc) is 2.97. The molecule has 116 valence electrons. The molecule has 1 aliphatic rings. The summed E-state index contributed by atoms with van der Waals surface area (Å²) in [6, 6.07) is 22.4. The quantitative estimate of drug-likeness (QED) is 0.758. The highest BCUT2D eigenvalue weighted by Crippen LogP contribution is 2.50. The molecule has 0 bridgehead atoms. The van der Waals surface area contributed by atoms with Gasteiger partial charge >= 0.3 is 0 Å². The minimum Gasteiger partial charge on any atom is -0.309 e. The van der Waals surface area contributed by atoms with Gasteiger partial charge in [-0.25, -0.2) is 0 Å². The van der Waals surface area contributed by atoms with Gasteiger partial charge in [0.25, 0.3) is 0 Å². The molecule has 3 rings (SSSR count). The fourth-order valence-electron chi connectivity index (χ4n) is 3.75. The van der Waals surface area contributed by atoms with Crippen molar-refractivity contribution in [2.24, 2.45) is 5.92 Å². The number of hydrogen-bond donors (Lipinski definition) is 0. The second-order valence-electron chi connectivity index (χ2n) is 6.56. The molecule has 2 aromatic rings. The minimum atomic E-state index is -0.249. The van der Waals surface area contributed by atoms with E-state index in [-0.39, 0.29) is 7.92 Å². The predicted octanol–water partition coefficient (Wildman–Crippen LogP) is 3.85. The highest BCUT2D eigenvalue weighted by atomic mass is 31.1. The van der Waals surface area contributed by atoms with Crippen LogP contribution < -0.4 is 10.6 Å². The fourth-order valence-corrected chi connectivity index (χ4v) is 6.90. The topological polar surface area (TPSA) is 3.24 Å². The number of hydrogen-bond acceptors (Lipinski definition) is 1. The number of rotatable bonds is 5. The van der Waals surface area contributed by atoms with E-state index in [2.05, 4.69) is 79.7 Å². The predicted molar refractivity (Wildman–Crippen MR) is 98.8 cm³/mol. The van der Waals surface area contributed by atoms with Crippen LogP contribution in [0.5, 0.6) is 0 Å². The Kier molecular flexibility index (Phi) is 5.28. The van der Waals surface area contributed by atoms with Gasteiger partial charge in [0.2, 0.25) is 0 Å². The van der Waals surface area contributed by atoms with Crippen LogP contribution in [0.2, 0.25) is 0 Å². The first kappa shape index (κ1) is 15.7. The Morgan fingerprint density at radius 1 is 0.864 bits per heavy atom. The Labute approximate surface area is 136 Å². The SMILES string of the molecule is CN(C)C[C@H]1CCCC1P(c1ccccc1)c1ccccc1. The third-order valence-corrected chi connectivity index (χ3v) is 7.67. The molecule has 0 saturated heterocycles. The van der Waals surface area contributed by atoms with Crippen LogP contribution in [0.3, 0.4) is 0 Å². The van der Waals surface area contributed by atoms with Crippen molar-refractivity contribution in [2.75, 3.05) is 20.6 Å². The van der Waals surface area contributed by atoms with Crippen LogP contribution in [0.25, 0.3) is 0 Å². The Morgan fingerprint density at radius 2 is 1.41 bits per heavy atom. The summed E-state index contributed by atoms with van der Waals surface area (Å²) >= 11 is 0. The van der Waals surface area contributed by atoms with E-state index in [4.69, 9.17) is 0 Å². The van der Waals surface area contributed by atoms with E-state index in [9.17, 15) is 0 Å². The van der Waals surface area contributed by atoms with Gasteiger partial charge in [-0.05, 0) is 57.0 Å². The summed E-state index contributed by atoms with van der Waals surface area (Å²) in [6.45, 7) is 1.23. The van der Waals surface area contributed by atoms with Crippen molar-refractivity contribution in [2.45, 2.75) is 24.9 Å². The molecule has 1 fully saturated rings. The molecule has 0 amide bonds. The first-order valence-electron chi connectivity index (χ1n) is 8.30. The molecule has 0 aliphatic heterocycles. The van der Waals surface area contributed by atoms with E-state index < -0.39 is 0 Å². The third kappa shape index (κ3) is 3.59. The van der Waals surface area contributed by atoms with E-state index in [1.165, 1.54) is 25.8 Å². The highest BCUT2D eigenvalue weighted by molar-refractivity contribution is 7.73. The number of benzene rings is 2. The van der Waals surface area contributed by atoms with Crippen LogP contribution in [0.1, 0.15) is 19.3 Å². The molecule has 2 aromatic carbocycles. The summed E-state index contributed by atoms with van der Waals surface area (Å²) in [7, 11) is 4.17. The lowest BCUT2D eigenvalue weighted by Crippen LogP contribution is -2.31. The molecule has 1 unspecified atom stereocenters. The van der Waals surface area contributed by atoms with Gasteiger partial charge in [0.15, 0.2) is 0 Å². The molecule has 2 atom stereocenters. The van der Waals surface area contributed by atoms with Gasteiger partial charge < -0.3 is 4.90 Å². The number of nitrogens with zero attached hydrogens (tertiary/aromatic N) is 1. The van der Waals surface area contributed by atoms with E-state index in [1.807, 2.05) is 0 Å². The minimum absolute atomic E-state index is 0.249. The Balaban J connectivity index is 1.95. The van der Waals surface area contributed by atoms with E-state index in [0.717, 1.165) is 11.6 Å². The summed E-state index contributed by atoms with van der Waals surface area (Å²) < 4.78 is 0. The third-order valence-electron chi connectivity index (χ3n) is 4.62. The van der Waals surface area contributed by atoms with Crippen molar-refractivity contribution >= 4 is 18.5 Å². The summed E-state index contributed by atoms with van der Waals surface area (Å²) in [6.07, 6.45) is 4.16. The molecule has 1 nitrogen and oxygen atoms in total. The molecule has 0 radical (unpaired) electrons. The molecular formula is C20H26NP. The Hall–Kier alpha value is -1.17. The second-order valence-corrected chi connectivity index (χ2v) is 9.00. The van der Waals surface area contributed by atoms with Crippen molar-refractivity contribution in [1.82, 2.24) is 4.90 Å². The zero-order chi connectivity index (χ0) is 15.4. The fraction of sp³-hybridized carbons (Fsp3) is 0.400. The lowest BCUT2D eigenvalue weighted by molar-refractivity contribution is 0.331. The zero-order valence-corrected chi connectivity index (χ0v) is 14.5. The van der Waals surface area contributed by atoms with Gasteiger partial charge in [0.05, 0.1) is 0 Å². The average molecular weight is 311 g/mol. The Morgan fingerprint density at radius 3 is 1.91 bits per heavy atom. The van der Waals surface area contributed by atoms with E-state index >= 15 is 0 Å². The smallest absolute Gasteiger partial charge is 0.000981 e. The van der Waals surface area contributed by atoms with Crippen LogP contribution in [-0.4, -0.2) is 31.2 Å². The molecule has 1 saturated carbocycles. The molecular weight excluding hydrogens is 285 g/mol. The van der Waals surface area contributed by atoms with Crippen LogP contribution in [-0.2, 0) is 0 Å². The van der Waals surface area contributed by atoms with Crippen LogP contribution >= 0.6 is 7.92 Å². The molecule has 0 spiro atoms. The van der Waals surface area contributed by atoms with Crippen molar-refractivity contribution in [3.63, 3.8) is 0 Å². The molecule has 0 heterocycles. The zero-order valence-electron chi connectivity index (χ0n) is 13.7. The maximum atomic E-state index is 2.37. The monoisotopic (exact) mass is 311 g/mol. The second kappa shape index (κ2) is 7.40. The maximum Gasteiger partial charge on any atom is 0.000981 e. The van der Waals surface area contributed by atoms with Gasteiger partial charge in [0, 0.05) is 6.54 Å². The molecule has 0 aromatic heterocycles. The van der Waals surface area contributed by atoms with E-state index in [0.29, 0.717) is 0 Å². The van der Waals surface area contributed by atoms with Gasteiger partial charge in [-0.1, -0.05) is 67.1 Å². The summed E-state index contributed by atoms with van der Waals surface area (Å²) in [5.74, 6) is 0.835. The van der Waals surface area contributed by atoms with Crippen LogP contribution in [0.15, 0.2) is 60.7 Å². The maximum absolute atomic E-state index is 2.37. The van der Waals surface area contributed by atoms with Gasteiger partial charge in [-0.15, -0.1) is 0 Å². The standard InChI is InChI=1S/C20H26NP/c1-21(2)16-17-10-9-15-20(17)22(18-11-5-3-6-12-18)19-13-7-4-8-14-19/h3-8,11-14,17,20H,9-10,15-16H2,1-2H3/t17-,20?/m1/s1. The normalized spacial score (nSPS) is 21.6. The van der Waals surface area contributed by atoms with Crippen molar-refractivity contribution in [1.29, 1.82) is 0 Å². The summed E-state index contributed by atoms with van der Waals surface area (Å²) in [4.78, 5) is 2.37. The molecule has 22 heavy (non-hydrogen) atoms. The first-order chi connectivity index (χ1) is 10.8. The van der Waals surface area contributed by atoms with Crippen LogP contribution in [0.4, 0.5) is 0 Å². The highest BCUT2D eigenvalue weighted by Gasteiger charge is 2.35. The first-order valence-corrected chi connectivity index (χ1v) is 9.71. The van der Waals surface area contributed by atoms with Gasteiger partial charge in [-0.2, -0.15) is 0 Å². The lowest BCUT2D eigenvalue weighted by Gasteiger charge is -2.31. The molecule has 2 heteroatoms. The van der Waals surface area contributed by atoms with Gasteiger partial charge in [-0.3, -0.25) is 0 Å². The summed E-state index contributed by atoms with van der Waals surface area (Å²) in [5.41, 5.74) is 0.821. The van der Waals surface area contributed by atoms with Crippen molar-refractivity contribution in [3.05, 3.63) is 60.7 Å². The van der Waals surface area contributed by atoms with Crippen LogP contribution in [0, 0.1) is 5.92 Å². The van der Waals surface area contributed by atoms with Gasteiger partial charge in [0.1, 0.15) is 0 Å². The summed E-state index contributed by atoms with van der Waals surface area (Å²) in [5, 5.41) is 3.08.